The van der Waals surface area contributed by atoms with E-state index in [0.717, 1.165) is 0 Å². The van der Waals surface area contributed by atoms with Gasteiger partial charge >= 0.3 is 0 Å². The maximum absolute atomic E-state index is 2.36. The molecule has 70 valence electrons. The monoisotopic (exact) mass is 183 g/mol. The highest BCUT2D eigenvalue weighted by molar-refractivity contribution is 5.64. The summed E-state index contributed by atoms with van der Waals surface area (Å²) in [5, 5.41) is 0. The first-order valence-electron chi connectivity index (χ1n) is 5.05. The van der Waals surface area contributed by atoms with Crippen molar-refractivity contribution in [1.29, 1.82) is 0 Å². The van der Waals surface area contributed by atoms with Crippen molar-refractivity contribution in [3.8, 4) is 0 Å². The molecule has 0 radical (unpaired) electrons. The van der Waals surface area contributed by atoms with Gasteiger partial charge in [0.15, 0.2) is 0 Å². The lowest BCUT2D eigenvalue weighted by atomic mass is 9.92. The Morgan fingerprint density at radius 1 is 1.07 bits per heavy atom. The average Bonchev–Trinajstić information content (AvgIpc) is 2.55. The van der Waals surface area contributed by atoms with Crippen molar-refractivity contribution in [3.63, 3.8) is 0 Å². The van der Waals surface area contributed by atoms with Crippen molar-refractivity contribution in [1.82, 2.24) is 0 Å². The second kappa shape index (κ2) is 2.74. The van der Waals surface area contributed by atoms with Gasteiger partial charge in [-0.15, -0.1) is 0 Å². The van der Waals surface area contributed by atoms with Gasteiger partial charge in [0.2, 0.25) is 0 Å². The van der Waals surface area contributed by atoms with Crippen molar-refractivity contribution < 1.29 is 0 Å². The number of anilines is 1. The van der Waals surface area contributed by atoms with E-state index in [1.54, 1.807) is 0 Å². The number of rotatable bonds is 0. The molecular weight excluding hydrogens is 170 g/mol. The molecule has 1 aromatic rings. The number of fused-ring (bicyclic) bond motifs is 3. The van der Waals surface area contributed by atoms with Crippen molar-refractivity contribution in [2.24, 2.45) is 0 Å². The van der Waals surface area contributed by atoms with Crippen LogP contribution in [0, 0.1) is 0 Å². The Bertz CT molecular complexity index is 417. The van der Waals surface area contributed by atoms with Crippen LogP contribution in [0.3, 0.4) is 0 Å². The minimum absolute atomic E-state index is 0.525. The molecule has 14 heavy (non-hydrogen) atoms. The zero-order valence-electron chi connectivity index (χ0n) is 8.22. The van der Waals surface area contributed by atoms with Gasteiger partial charge in [-0.1, -0.05) is 42.5 Å². The molecule has 0 fully saturated rings. The van der Waals surface area contributed by atoms with Crippen molar-refractivity contribution >= 4 is 5.69 Å². The molecule has 0 N–H and O–H groups in total. The number of hydrogen-bond acceptors (Lipinski definition) is 1. The third kappa shape index (κ3) is 0.897. The quantitative estimate of drug-likeness (QED) is 0.597. The van der Waals surface area contributed by atoms with Gasteiger partial charge in [-0.2, -0.15) is 0 Å². The minimum atomic E-state index is 0.525. The highest BCUT2D eigenvalue weighted by Crippen LogP contribution is 2.42. The lowest BCUT2D eigenvalue weighted by molar-refractivity contribution is 0.723. The topological polar surface area (TPSA) is 3.24 Å². The van der Waals surface area contributed by atoms with E-state index in [2.05, 4.69) is 60.5 Å². The lowest BCUT2D eigenvalue weighted by Gasteiger charge is -2.23. The summed E-state index contributed by atoms with van der Waals surface area (Å²) in [5.41, 5.74) is 2.83. The third-order valence-corrected chi connectivity index (χ3v) is 3.23. The number of allylic oxidation sites excluding steroid dienone is 2. The van der Waals surface area contributed by atoms with Crippen molar-refractivity contribution in [3.05, 3.63) is 54.1 Å². The van der Waals surface area contributed by atoms with Gasteiger partial charge in [0.25, 0.3) is 0 Å². The molecule has 1 nitrogen and oxygen atoms in total. The van der Waals surface area contributed by atoms with Crippen LogP contribution < -0.4 is 4.90 Å². The van der Waals surface area contributed by atoms with Crippen LogP contribution in [-0.4, -0.2) is 13.1 Å². The van der Waals surface area contributed by atoms with Crippen molar-refractivity contribution in [2.75, 3.05) is 11.9 Å². The van der Waals surface area contributed by atoms with Gasteiger partial charge < -0.3 is 4.90 Å². The summed E-state index contributed by atoms with van der Waals surface area (Å²) in [4.78, 5) is 2.36. The molecule has 0 saturated heterocycles. The highest BCUT2D eigenvalue weighted by atomic mass is 15.2. The van der Waals surface area contributed by atoms with Gasteiger partial charge in [-0.3, -0.25) is 0 Å². The summed E-state index contributed by atoms with van der Waals surface area (Å²) >= 11 is 0. The van der Waals surface area contributed by atoms with Crippen LogP contribution in [0.15, 0.2) is 48.6 Å². The fraction of sp³-hybridized carbons (Fsp3) is 0.231. The van der Waals surface area contributed by atoms with E-state index in [1.165, 1.54) is 11.3 Å². The van der Waals surface area contributed by atoms with Crippen LogP contribution in [0.4, 0.5) is 5.69 Å². The number of para-hydroxylation sites is 1. The molecule has 1 aromatic carbocycles. The first kappa shape index (κ1) is 7.86. The molecule has 1 aliphatic carbocycles. The zero-order valence-corrected chi connectivity index (χ0v) is 8.22. The molecule has 2 atom stereocenters. The number of benzene rings is 1. The predicted octanol–water partition coefficient (Wildman–Crippen LogP) is 2.71. The molecule has 0 amide bonds. The summed E-state index contributed by atoms with van der Waals surface area (Å²) in [7, 11) is 2.17. The number of hydrogen-bond donors (Lipinski definition) is 0. The Hall–Kier alpha value is -1.50. The van der Waals surface area contributed by atoms with Gasteiger partial charge in [0.1, 0.15) is 0 Å². The average molecular weight is 183 g/mol. The molecular formula is C13H13N. The smallest absolute Gasteiger partial charge is 0.0577 e. The summed E-state index contributed by atoms with van der Waals surface area (Å²) < 4.78 is 0. The summed E-state index contributed by atoms with van der Waals surface area (Å²) in [6, 6.07) is 9.20. The molecule has 0 bridgehead atoms. The van der Waals surface area contributed by atoms with E-state index >= 15 is 0 Å². The second-order valence-corrected chi connectivity index (χ2v) is 3.96. The van der Waals surface area contributed by atoms with Gasteiger partial charge in [0, 0.05) is 18.7 Å². The molecule has 1 aliphatic heterocycles. The molecule has 2 unspecified atom stereocenters. The molecule has 2 aliphatic rings. The summed E-state index contributed by atoms with van der Waals surface area (Å²) in [6.07, 6.45) is 8.87. The van der Waals surface area contributed by atoms with Gasteiger partial charge in [-0.05, 0) is 11.6 Å². The normalized spacial score (nSPS) is 27.6. The van der Waals surface area contributed by atoms with Crippen LogP contribution >= 0.6 is 0 Å². The van der Waals surface area contributed by atoms with E-state index in [4.69, 9.17) is 0 Å². The Morgan fingerprint density at radius 2 is 1.86 bits per heavy atom. The van der Waals surface area contributed by atoms with Crippen LogP contribution in [0.2, 0.25) is 0 Å². The Kier molecular flexibility index (Phi) is 1.54. The molecule has 1 heteroatoms. The van der Waals surface area contributed by atoms with Crippen LogP contribution in [-0.2, 0) is 0 Å². The molecule has 0 saturated carbocycles. The van der Waals surface area contributed by atoms with Gasteiger partial charge in [-0.25, -0.2) is 0 Å². The standard InChI is InChI=1S/C13H13N/c1-14-12-8-4-2-6-10(12)11-7-3-5-9-13(11)14/h2-10,12H,1H3. The summed E-state index contributed by atoms with van der Waals surface area (Å²) in [6.45, 7) is 0. The fourth-order valence-corrected chi connectivity index (χ4v) is 2.50. The molecule has 3 rings (SSSR count). The predicted molar refractivity (Wildman–Crippen MR) is 59.7 cm³/mol. The van der Waals surface area contributed by atoms with E-state index in [-0.39, 0.29) is 0 Å². The zero-order chi connectivity index (χ0) is 9.54. The van der Waals surface area contributed by atoms with Crippen LogP contribution in [0.1, 0.15) is 11.5 Å². The lowest BCUT2D eigenvalue weighted by Crippen LogP contribution is -2.28. The Balaban J connectivity index is 2.17. The van der Waals surface area contributed by atoms with E-state index in [9.17, 15) is 0 Å². The van der Waals surface area contributed by atoms with E-state index in [0.29, 0.717) is 12.0 Å². The number of likely N-dealkylation sites (N-methyl/N-ethyl adjacent to an activating group) is 1. The largest absolute Gasteiger partial charge is 0.367 e. The minimum Gasteiger partial charge on any atom is -0.367 e. The third-order valence-electron chi connectivity index (χ3n) is 3.23. The van der Waals surface area contributed by atoms with E-state index in [1.807, 2.05) is 0 Å². The van der Waals surface area contributed by atoms with Gasteiger partial charge in [0.05, 0.1) is 6.04 Å². The molecule has 1 heterocycles. The fourth-order valence-electron chi connectivity index (χ4n) is 2.50. The maximum atomic E-state index is 2.36. The summed E-state index contributed by atoms with van der Waals surface area (Å²) in [5.74, 6) is 0.557. The highest BCUT2D eigenvalue weighted by Gasteiger charge is 2.33. The van der Waals surface area contributed by atoms with Crippen molar-refractivity contribution in [2.45, 2.75) is 12.0 Å². The maximum Gasteiger partial charge on any atom is 0.0577 e. The first-order valence-corrected chi connectivity index (χ1v) is 5.05. The SMILES string of the molecule is CN1c2ccccc2C2C=CC=CC21. The Morgan fingerprint density at radius 3 is 2.79 bits per heavy atom. The van der Waals surface area contributed by atoms with Crippen LogP contribution in [0.5, 0.6) is 0 Å². The first-order chi connectivity index (χ1) is 6.88. The van der Waals surface area contributed by atoms with Crippen LogP contribution in [0.25, 0.3) is 0 Å². The van der Waals surface area contributed by atoms with E-state index < -0.39 is 0 Å². The second-order valence-electron chi connectivity index (χ2n) is 3.96. The Labute approximate surface area is 84.4 Å². The number of nitrogens with zero attached hydrogens (tertiary/aromatic N) is 1. The molecule has 0 spiro atoms. The molecule has 0 aromatic heterocycles.